The first-order valence-corrected chi connectivity index (χ1v) is 6.30. The molecular formula is C13H12ClN3O3. The fourth-order valence-electron chi connectivity index (χ4n) is 1.57. The molecule has 2 rings (SSSR count). The number of anilines is 1. The molecule has 1 aromatic carbocycles. The van der Waals surface area contributed by atoms with Crippen LogP contribution in [0.15, 0.2) is 36.4 Å². The zero-order chi connectivity index (χ0) is 14.5. The molecule has 7 heteroatoms. The third kappa shape index (κ3) is 3.36. The molecule has 0 aliphatic rings. The number of hydrogen-bond acceptors (Lipinski definition) is 5. The van der Waals surface area contributed by atoms with Gasteiger partial charge >= 0.3 is 11.6 Å². The van der Waals surface area contributed by atoms with Crippen LogP contribution in [0.3, 0.4) is 0 Å². The lowest BCUT2D eigenvalue weighted by Crippen LogP contribution is -2.02. The van der Waals surface area contributed by atoms with Gasteiger partial charge in [0.15, 0.2) is 0 Å². The fraction of sp³-hybridized carbons (Fsp3) is 0.154. The SMILES string of the molecule is CCNc1ccc([N+](=O)[O-])c(Oc2cccc(Cl)c2)n1. The molecule has 0 aliphatic heterocycles. The van der Waals surface area contributed by atoms with Crippen molar-refractivity contribution in [3.63, 3.8) is 0 Å². The van der Waals surface area contributed by atoms with Gasteiger partial charge in [-0.15, -0.1) is 0 Å². The van der Waals surface area contributed by atoms with Crippen molar-refractivity contribution in [2.75, 3.05) is 11.9 Å². The minimum Gasteiger partial charge on any atom is -0.434 e. The maximum absolute atomic E-state index is 11.0. The molecule has 6 nitrogen and oxygen atoms in total. The lowest BCUT2D eigenvalue weighted by molar-refractivity contribution is -0.386. The Morgan fingerprint density at radius 3 is 2.85 bits per heavy atom. The van der Waals surface area contributed by atoms with Gasteiger partial charge in [-0.25, -0.2) is 0 Å². The largest absolute Gasteiger partial charge is 0.434 e. The number of nitrogens with one attached hydrogen (secondary N) is 1. The summed E-state index contributed by atoms with van der Waals surface area (Å²) in [5.41, 5.74) is -0.202. The van der Waals surface area contributed by atoms with Crippen molar-refractivity contribution in [3.05, 3.63) is 51.5 Å². The Balaban J connectivity index is 2.36. The Morgan fingerprint density at radius 1 is 1.40 bits per heavy atom. The zero-order valence-electron chi connectivity index (χ0n) is 10.7. The molecule has 0 saturated carbocycles. The first kappa shape index (κ1) is 14.1. The van der Waals surface area contributed by atoms with E-state index in [0.717, 1.165) is 0 Å². The second kappa shape index (κ2) is 6.21. The molecule has 0 fully saturated rings. The van der Waals surface area contributed by atoms with Crippen molar-refractivity contribution < 1.29 is 9.66 Å². The smallest absolute Gasteiger partial charge is 0.331 e. The molecule has 20 heavy (non-hydrogen) atoms. The van der Waals surface area contributed by atoms with Crippen molar-refractivity contribution in [3.8, 4) is 11.6 Å². The van der Waals surface area contributed by atoms with Crippen LogP contribution in [0.5, 0.6) is 11.6 Å². The summed E-state index contributed by atoms with van der Waals surface area (Å²) < 4.78 is 5.46. The van der Waals surface area contributed by atoms with Gasteiger partial charge in [0.25, 0.3) is 0 Å². The number of benzene rings is 1. The van der Waals surface area contributed by atoms with Crippen molar-refractivity contribution in [2.24, 2.45) is 0 Å². The third-order valence-electron chi connectivity index (χ3n) is 2.41. The molecule has 0 saturated heterocycles. The average Bonchev–Trinajstić information content (AvgIpc) is 2.39. The van der Waals surface area contributed by atoms with Crippen LogP contribution in [0.4, 0.5) is 11.5 Å². The standard InChI is InChI=1S/C13H12ClN3O3/c1-2-15-12-7-6-11(17(18)19)13(16-12)20-10-5-3-4-9(14)8-10/h3-8H,2H2,1H3,(H,15,16). The van der Waals surface area contributed by atoms with Gasteiger partial charge in [0.05, 0.1) is 4.92 Å². The first-order valence-electron chi connectivity index (χ1n) is 5.93. The van der Waals surface area contributed by atoms with Crippen LogP contribution in [0.25, 0.3) is 0 Å². The molecule has 0 unspecified atom stereocenters. The number of halogens is 1. The van der Waals surface area contributed by atoms with Gasteiger partial charge in [-0.1, -0.05) is 17.7 Å². The molecule has 104 valence electrons. The number of aromatic nitrogens is 1. The maximum atomic E-state index is 11.0. The van der Waals surface area contributed by atoms with Crippen LogP contribution >= 0.6 is 11.6 Å². The topological polar surface area (TPSA) is 77.3 Å². The predicted octanol–water partition coefficient (Wildman–Crippen LogP) is 3.87. The van der Waals surface area contributed by atoms with Gasteiger partial charge in [0, 0.05) is 17.6 Å². The Kier molecular flexibility index (Phi) is 4.37. The number of hydrogen-bond donors (Lipinski definition) is 1. The summed E-state index contributed by atoms with van der Waals surface area (Å²) in [6.07, 6.45) is 0. The van der Waals surface area contributed by atoms with Crippen molar-refractivity contribution in [1.82, 2.24) is 4.98 Å². The third-order valence-corrected chi connectivity index (χ3v) is 2.64. The molecule has 0 aliphatic carbocycles. The maximum Gasteiger partial charge on any atom is 0.331 e. The lowest BCUT2D eigenvalue weighted by atomic mass is 10.3. The zero-order valence-corrected chi connectivity index (χ0v) is 11.4. The summed E-state index contributed by atoms with van der Waals surface area (Å²) in [5, 5.41) is 14.4. The van der Waals surface area contributed by atoms with Gasteiger partial charge in [-0.3, -0.25) is 10.1 Å². The van der Waals surface area contributed by atoms with E-state index in [1.54, 1.807) is 24.3 Å². The van der Waals surface area contributed by atoms with Crippen LogP contribution in [0.2, 0.25) is 5.02 Å². The van der Waals surface area contributed by atoms with E-state index in [9.17, 15) is 10.1 Å². The molecular weight excluding hydrogens is 282 g/mol. The second-order valence-corrected chi connectivity index (χ2v) is 4.30. The summed E-state index contributed by atoms with van der Waals surface area (Å²) in [7, 11) is 0. The molecule has 0 atom stereocenters. The number of nitrogens with zero attached hydrogens (tertiary/aromatic N) is 2. The highest BCUT2D eigenvalue weighted by atomic mass is 35.5. The Hall–Kier alpha value is -2.34. The van der Waals surface area contributed by atoms with Gasteiger partial charge in [0.2, 0.25) is 0 Å². The van der Waals surface area contributed by atoms with E-state index in [1.807, 2.05) is 6.92 Å². The molecule has 0 amide bonds. The highest BCUT2D eigenvalue weighted by molar-refractivity contribution is 6.30. The van der Waals surface area contributed by atoms with Crippen LogP contribution < -0.4 is 10.1 Å². The van der Waals surface area contributed by atoms with Crippen LogP contribution in [-0.2, 0) is 0 Å². The van der Waals surface area contributed by atoms with Crippen molar-refractivity contribution in [2.45, 2.75) is 6.92 Å². The number of ether oxygens (including phenoxy) is 1. The molecule has 0 spiro atoms. The minimum atomic E-state index is -0.539. The summed E-state index contributed by atoms with van der Waals surface area (Å²) in [5.74, 6) is 0.826. The van der Waals surface area contributed by atoms with Crippen LogP contribution in [0, 0.1) is 10.1 Å². The number of pyridine rings is 1. The van der Waals surface area contributed by atoms with Crippen LogP contribution in [0.1, 0.15) is 6.92 Å². The summed E-state index contributed by atoms with van der Waals surface area (Å²) in [6.45, 7) is 2.56. The molecule has 2 aromatic rings. The molecule has 1 heterocycles. The first-order chi connectivity index (χ1) is 9.60. The van der Waals surface area contributed by atoms with E-state index in [-0.39, 0.29) is 11.6 Å². The fourth-order valence-corrected chi connectivity index (χ4v) is 1.75. The number of nitro groups is 1. The van der Waals surface area contributed by atoms with E-state index in [1.165, 1.54) is 12.1 Å². The van der Waals surface area contributed by atoms with Gasteiger partial charge < -0.3 is 10.1 Å². The summed E-state index contributed by atoms with van der Waals surface area (Å²) in [6, 6.07) is 9.48. The summed E-state index contributed by atoms with van der Waals surface area (Å²) in [4.78, 5) is 14.5. The molecule has 0 radical (unpaired) electrons. The van der Waals surface area contributed by atoms with Gasteiger partial charge in [-0.2, -0.15) is 4.98 Å². The van der Waals surface area contributed by atoms with Crippen molar-refractivity contribution >= 4 is 23.1 Å². The van der Waals surface area contributed by atoms with E-state index in [2.05, 4.69) is 10.3 Å². The highest BCUT2D eigenvalue weighted by Gasteiger charge is 2.18. The molecule has 0 bridgehead atoms. The van der Waals surface area contributed by atoms with Gasteiger partial charge in [0.1, 0.15) is 11.6 Å². The molecule has 1 aromatic heterocycles. The number of rotatable bonds is 5. The second-order valence-electron chi connectivity index (χ2n) is 3.87. The quantitative estimate of drug-likeness (QED) is 0.669. The Bertz CT molecular complexity index is 634. The van der Waals surface area contributed by atoms with E-state index >= 15 is 0 Å². The monoisotopic (exact) mass is 293 g/mol. The Morgan fingerprint density at radius 2 is 2.20 bits per heavy atom. The normalized spacial score (nSPS) is 10.1. The molecule has 1 N–H and O–H groups in total. The Labute approximate surface area is 120 Å². The highest BCUT2D eigenvalue weighted by Crippen LogP contribution is 2.31. The summed E-state index contributed by atoms with van der Waals surface area (Å²) >= 11 is 5.85. The minimum absolute atomic E-state index is 0.0734. The van der Waals surface area contributed by atoms with Crippen molar-refractivity contribution in [1.29, 1.82) is 0 Å². The van der Waals surface area contributed by atoms with E-state index in [4.69, 9.17) is 16.3 Å². The van der Waals surface area contributed by atoms with Crippen LogP contribution in [-0.4, -0.2) is 16.5 Å². The lowest BCUT2D eigenvalue weighted by Gasteiger charge is -2.08. The van der Waals surface area contributed by atoms with E-state index in [0.29, 0.717) is 23.1 Å². The van der Waals surface area contributed by atoms with Gasteiger partial charge in [-0.05, 0) is 31.2 Å². The average molecular weight is 294 g/mol. The predicted molar refractivity (Wildman–Crippen MR) is 76.6 cm³/mol. The van der Waals surface area contributed by atoms with E-state index < -0.39 is 4.92 Å².